The van der Waals surface area contributed by atoms with Crippen LogP contribution in [0.15, 0.2) is 24.3 Å². The molecule has 250 valence electrons. The van der Waals surface area contributed by atoms with E-state index in [2.05, 4.69) is 38.2 Å². The number of nitrogens with zero attached hydrogens (tertiary/aromatic N) is 1. The van der Waals surface area contributed by atoms with Gasteiger partial charge in [0.15, 0.2) is 6.10 Å². The Labute approximate surface area is 262 Å². The maximum absolute atomic E-state index is 12.5. The molecule has 0 N–H and O–H groups in total. The van der Waals surface area contributed by atoms with Gasteiger partial charge in [0.05, 0.1) is 40.3 Å². The molecule has 0 spiro atoms. The standard InChI is InChI=1S/C35H63NO7/c1-6-8-10-12-14-16-18-20-22-24-26-34(38)43-31(29-41-28-27-32(35(39)40)36(3,4)5)30-42-33(37)25-23-21-19-17-15-13-11-9-7-2/h12,14,17,19,31-32H,6-11,13,15-16,18,20-30H2,1-5H3/b14-12+,19-17+. The van der Waals surface area contributed by atoms with E-state index in [1.165, 1.54) is 38.5 Å². The van der Waals surface area contributed by atoms with Crippen LogP contribution < -0.4 is 5.11 Å². The van der Waals surface area contributed by atoms with Gasteiger partial charge in [-0.25, -0.2) is 0 Å². The second kappa shape index (κ2) is 27.4. The first-order chi connectivity index (χ1) is 20.6. The van der Waals surface area contributed by atoms with Gasteiger partial charge in [-0.05, 0) is 51.4 Å². The Balaban J connectivity index is 4.55. The van der Waals surface area contributed by atoms with Crippen molar-refractivity contribution in [1.29, 1.82) is 0 Å². The fraction of sp³-hybridized carbons (Fsp3) is 0.800. The van der Waals surface area contributed by atoms with Gasteiger partial charge in [-0.2, -0.15) is 0 Å². The van der Waals surface area contributed by atoms with E-state index in [4.69, 9.17) is 14.2 Å². The molecule has 0 heterocycles. The van der Waals surface area contributed by atoms with Gasteiger partial charge < -0.3 is 28.6 Å². The number of rotatable bonds is 29. The van der Waals surface area contributed by atoms with Crippen molar-refractivity contribution in [2.24, 2.45) is 0 Å². The van der Waals surface area contributed by atoms with Gasteiger partial charge in [0, 0.05) is 19.3 Å². The van der Waals surface area contributed by atoms with Crippen molar-refractivity contribution in [1.82, 2.24) is 0 Å². The summed E-state index contributed by atoms with van der Waals surface area (Å²) in [5, 5.41) is 11.5. The molecule has 8 nitrogen and oxygen atoms in total. The van der Waals surface area contributed by atoms with Crippen LogP contribution in [-0.2, 0) is 28.6 Å². The van der Waals surface area contributed by atoms with Crippen LogP contribution >= 0.6 is 0 Å². The zero-order chi connectivity index (χ0) is 32.2. The first-order valence-corrected chi connectivity index (χ1v) is 16.9. The number of hydrogen-bond acceptors (Lipinski definition) is 7. The molecule has 0 amide bonds. The molecule has 0 aliphatic carbocycles. The molecule has 0 radical (unpaired) electrons. The van der Waals surface area contributed by atoms with Gasteiger partial charge in [0.2, 0.25) is 0 Å². The minimum atomic E-state index is -1.13. The lowest BCUT2D eigenvalue weighted by molar-refractivity contribution is -0.889. The van der Waals surface area contributed by atoms with Gasteiger partial charge in [-0.3, -0.25) is 9.59 Å². The molecule has 2 atom stereocenters. The summed E-state index contributed by atoms with van der Waals surface area (Å²) in [5.41, 5.74) is 0. The topological polar surface area (TPSA) is 102 Å². The Kier molecular flexibility index (Phi) is 26.0. The Hall–Kier alpha value is -2.19. The molecule has 0 saturated carbocycles. The molecule has 43 heavy (non-hydrogen) atoms. The Morgan fingerprint density at radius 2 is 1.21 bits per heavy atom. The van der Waals surface area contributed by atoms with E-state index in [9.17, 15) is 19.5 Å². The quantitative estimate of drug-likeness (QED) is 0.0415. The molecule has 8 heteroatoms. The number of likely N-dealkylation sites (N-methyl/N-ethyl adjacent to an activating group) is 1. The summed E-state index contributed by atoms with van der Waals surface area (Å²) in [6.45, 7) is 4.50. The van der Waals surface area contributed by atoms with Gasteiger partial charge in [-0.1, -0.05) is 83.1 Å². The van der Waals surface area contributed by atoms with Crippen molar-refractivity contribution in [2.45, 2.75) is 142 Å². The largest absolute Gasteiger partial charge is 0.544 e. The van der Waals surface area contributed by atoms with E-state index in [1.807, 2.05) is 0 Å². The summed E-state index contributed by atoms with van der Waals surface area (Å²) in [6, 6.07) is -0.726. The maximum Gasteiger partial charge on any atom is 0.306 e. The highest BCUT2D eigenvalue weighted by Gasteiger charge is 2.25. The molecule has 0 aliphatic rings. The highest BCUT2D eigenvalue weighted by atomic mass is 16.6. The predicted molar refractivity (Wildman–Crippen MR) is 171 cm³/mol. The lowest BCUT2D eigenvalue weighted by Gasteiger charge is -2.34. The lowest BCUT2D eigenvalue weighted by atomic mass is 10.1. The summed E-state index contributed by atoms with van der Waals surface area (Å²) in [4.78, 5) is 36.3. The molecule has 0 aliphatic heterocycles. The van der Waals surface area contributed by atoms with Crippen LogP contribution in [0.4, 0.5) is 0 Å². The number of carbonyl (C=O) groups excluding carboxylic acids is 3. The molecular weight excluding hydrogens is 546 g/mol. The van der Waals surface area contributed by atoms with Crippen molar-refractivity contribution in [3.05, 3.63) is 24.3 Å². The Bertz CT molecular complexity index is 773. The van der Waals surface area contributed by atoms with Crippen LogP contribution in [0.5, 0.6) is 0 Å². The molecule has 0 aromatic heterocycles. The van der Waals surface area contributed by atoms with Gasteiger partial charge >= 0.3 is 11.9 Å². The molecule has 0 fully saturated rings. The summed E-state index contributed by atoms with van der Waals surface area (Å²) >= 11 is 0. The fourth-order valence-corrected chi connectivity index (χ4v) is 4.58. The summed E-state index contributed by atoms with van der Waals surface area (Å²) in [5.74, 6) is -1.80. The third kappa shape index (κ3) is 26.0. The molecular formula is C35H63NO7. The van der Waals surface area contributed by atoms with Gasteiger partial charge in [0.25, 0.3) is 0 Å². The van der Waals surface area contributed by atoms with E-state index in [1.54, 1.807) is 21.1 Å². The Morgan fingerprint density at radius 3 is 1.79 bits per heavy atom. The molecule has 2 unspecified atom stereocenters. The number of esters is 2. The smallest absolute Gasteiger partial charge is 0.306 e. The van der Waals surface area contributed by atoms with Gasteiger partial charge in [0.1, 0.15) is 12.6 Å². The number of hydrogen-bond donors (Lipinski definition) is 0. The minimum absolute atomic E-state index is 0.0288. The number of carbonyl (C=O) groups is 3. The highest BCUT2D eigenvalue weighted by molar-refractivity contribution is 5.70. The number of unbranched alkanes of at least 4 members (excludes halogenated alkanes) is 11. The molecule has 0 rings (SSSR count). The average Bonchev–Trinajstić information content (AvgIpc) is 2.94. The maximum atomic E-state index is 12.5. The van der Waals surface area contributed by atoms with Gasteiger partial charge in [-0.15, -0.1) is 0 Å². The number of aliphatic carboxylic acids is 1. The van der Waals surface area contributed by atoms with Crippen molar-refractivity contribution in [3.8, 4) is 0 Å². The summed E-state index contributed by atoms with van der Waals surface area (Å²) in [7, 11) is 5.37. The van der Waals surface area contributed by atoms with Crippen molar-refractivity contribution in [3.63, 3.8) is 0 Å². The second-order valence-electron chi connectivity index (χ2n) is 12.4. The van der Waals surface area contributed by atoms with E-state index in [0.717, 1.165) is 51.4 Å². The van der Waals surface area contributed by atoms with Crippen LogP contribution in [0.3, 0.4) is 0 Å². The second-order valence-corrected chi connectivity index (χ2v) is 12.4. The monoisotopic (exact) mass is 609 g/mol. The minimum Gasteiger partial charge on any atom is -0.544 e. The molecule has 0 aromatic carbocycles. The molecule has 0 aromatic rings. The zero-order valence-corrected chi connectivity index (χ0v) is 28.1. The molecule has 0 saturated heterocycles. The number of allylic oxidation sites excluding steroid dienone is 4. The van der Waals surface area contributed by atoms with Crippen molar-refractivity contribution >= 4 is 17.9 Å². The van der Waals surface area contributed by atoms with E-state index >= 15 is 0 Å². The van der Waals surface area contributed by atoms with Crippen LogP contribution in [0.2, 0.25) is 0 Å². The summed E-state index contributed by atoms with van der Waals surface area (Å²) < 4.78 is 16.9. The van der Waals surface area contributed by atoms with E-state index in [-0.39, 0.29) is 42.7 Å². The van der Waals surface area contributed by atoms with Crippen LogP contribution in [-0.4, -0.2) is 75.5 Å². The van der Waals surface area contributed by atoms with Crippen molar-refractivity contribution < 1.29 is 38.2 Å². The third-order valence-electron chi connectivity index (χ3n) is 7.31. The van der Waals surface area contributed by atoms with Crippen LogP contribution in [0.1, 0.15) is 129 Å². The number of carboxylic acid groups (broad SMARTS) is 1. The van der Waals surface area contributed by atoms with E-state index in [0.29, 0.717) is 19.3 Å². The predicted octanol–water partition coefficient (Wildman–Crippen LogP) is 6.46. The van der Waals surface area contributed by atoms with Crippen molar-refractivity contribution in [2.75, 3.05) is 41.0 Å². The average molecular weight is 610 g/mol. The van der Waals surface area contributed by atoms with Crippen LogP contribution in [0.25, 0.3) is 0 Å². The lowest BCUT2D eigenvalue weighted by Crippen LogP contribution is -2.55. The third-order valence-corrected chi connectivity index (χ3v) is 7.31. The normalized spacial score (nSPS) is 13.4. The fourth-order valence-electron chi connectivity index (χ4n) is 4.58. The SMILES string of the molecule is CCCC/C=C/CCCCCCC(=O)OC(COCCC(C(=O)[O-])[N+](C)(C)C)COC(=O)CCC/C=C/CCCCCC. The Morgan fingerprint density at radius 1 is 0.674 bits per heavy atom. The number of carboxylic acids is 1. The summed E-state index contributed by atoms with van der Waals surface area (Å²) in [6.07, 6.45) is 25.0. The highest BCUT2D eigenvalue weighted by Crippen LogP contribution is 2.11. The van der Waals surface area contributed by atoms with E-state index < -0.39 is 18.1 Å². The zero-order valence-electron chi connectivity index (χ0n) is 28.1. The van der Waals surface area contributed by atoms with Crippen LogP contribution in [0, 0.1) is 0 Å². The molecule has 0 bridgehead atoms. The first-order valence-electron chi connectivity index (χ1n) is 16.9. The number of quaternary nitrogens is 1. The first kappa shape index (κ1) is 40.8. The number of ether oxygens (including phenoxy) is 3.